The van der Waals surface area contributed by atoms with Crippen molar-refractivity contribution < 1.29 is 9.66 Å². The van der Waals surface area contributed by atoms with Crippen LogP contribution in [0.4, 0.5) is 5.69 Å². The Kier molecular flexibility index (Phi) is 2.88. The number of ether oxygens (including phenoxy) is 1. The number of hydrogen-bond acceptors (Lipinski definition) is 4. The first-order chi connectivity index (χ1) is 7.20. The van der Waals surface area contributed by atoms with Gasteiger partial charge in [-0.2, -0.15) is 5.10 Å². The van der Waals surface area contributed by atoms with E-state index < -0.39 is 4.92 Å². The second-order valence-electron chi connectivity index (χ2n) is 3.42. The first-order valence-electron chi connectivity index (χ1n) is 4.66. The van der Waals surface area contributed by atoms with E-state index >= 15 is 0 Å². The van der Waals surface area contributed by atoms with Gasteiger partial charge in [0.1, 0.15) is 5.69 Å². The zero-order chi connectivity index (χ0) is 10.8. The third-order valence-electron chi connectivity index (χ3n) is 2.54. The standard InChI is InChI=1S/C8H10ClN3O3/c9-8-7(12(13)14)6(10-11-8)5-1-3-15-4-2-5/h5H,1-4H2,(H,10,11). The van der Waals surface area contributed by atoms with E-state index in [1.165, 1.54) is 0 Å². The molecular weight excluding hydrogens is 222 g/mol. The van der Waals surface area contributed by atoms with E-state index in [1.807, 2.05) is 0 Å². The lowest BCUT2D eigenvalue weighted by Gasteiger charge is -2.19. The van der Waals surface area contributed by atoms with Crippen LogP contribution in [0.15, 0.2) is 0 Å². The molecule has 1 aromatic rings. The Morgan fingerprint density at radius 1 is 1.53 bits per heavy atom. The van der Waals surface area contributed by atoms with E-state index in [0.29, 0.717) is 18.9 Å². The van der Waals surface area contributed by atoms with Crippen molar-refractivity contribution in [3.63, 3.8) is 0 Å². The van der Waals surface area contributed by atoms with Crippen LogP contribution < -0.4 is 0 Å². The van der Waals surface area contributed by atoms with Crippen LogP contribution in [-0.2, 0) is 4.74 Å². The molecule has 2 rings (SSSR count). The normalized spacial score (nSPS) is 17.9. The SMILES string of the molecule is O=[N+]([O-])c1c(Cl)n[nH]c1C1CCOCC1. The molecule has 0 amide bonds. The first kappa shape index (κ1) is 10.4. The molecule has 7 heteroatoms. The van der Waals surface area contributed by atoms with Crippen LogP contribution in [0.5, 0.6) is 0 Å². The zero-order valence-electron chi connectivity index (χ0n) is 7.90. The number of hydrogen-bond donors (Lipinski definition) is 1. The highest BCUT2D eigenvalue weighted by molar-refractivity contribution is 6.31. The van der Waals surface area contributed by atoms with Crippen LogP contribution in [0.25, 0.3) is 0 Å². The summed E-state index contributed by atoms with van der Waals surface area (Å²) in [4.78, 5) is 10.3. The summed E-state index contributed by atoms with van der Waals surface area (Å²) in [5, 5.41) is 17.0. The molecule has 0 spiro atoms. The van der Waals surface area contributed by atoms with E-state index in [0.717, 1.165) is 12.8 Å². The van der Waals surface area contributed by atoms with Gasteiger partial charge in [0, 0.05) is 19.1 Å². The van der Waals surface area contributed by atoms with E-state index in [1.54, 1.807) is 0 Å². The number of aromatic amines is 1. The summed E-state index contributed by atoms with van der Waals surface area (Å²) in [6, 6.07) is 0. The molecule has 0 saturated carbocycles. The van der Waals surface area contributed by atoms with Gasteiger partial charge in [0.05, 0.1) is 4.92 Å². The summed E-state index contributed by atoms with van der Waals surface area (Å²) in [6.45, 7) is 1.25. The molecule has 0 bridgehead atoms. The van der Waals surface area contributed by atoms with Gasteiger partial charge < -0.3 is 4.74 Å². The predicted molar refractivity (Wildman–Crippen MR) is 53.0 cm³/mol. The molecule has 2 heterocycles. The van der Waals surface area contributed by atoms with Crippen LogP contribution in [0.1, 0.15) is 24.5 Å². The van der Waals surface area contributed by atoms with Crippen LogP contribution in [0.3, 0.4) is 0 Å². The Balaban J connectivity index is 2.30. The largest absolute Gasteiger partial charge is 0.381 e. The molecule has 0 unspecified atom stereocenters. The highest BCUT2D eigenvalue weighted by Gasteiger charge is 2.29. The molecule has 6 nitrogen and oxygen atoms in total. The Bertz CT molecular complexity index is 373. The smallest absolute Gasteiger partial charge is 0.329 e. The molecule has 1 aliphatic rings. The minimum Gasteiger partial charge on any atom is -0.381 e. The molecule has 82 valence electrons. The lowest BCUT2D eigenvalue weighted by Crippen LogP contribution is -2.15. The predicted octanol–water partition coefficient (Wildman–Crippen LogP) is 1.87. The van der Waals surface area contributed by atoms with Crippen molar-refractivity contribution in [1.82, 2.24) is 10.2 Å². The summed E-state index contributed by atoms with van der Waals surface area (Å²) < 4.78 is 5.19. The minimum absolute atomic E-state index is 0.0681. The van der Waals surface area contributed by atoms with Crippen LogP contribution in [-0.4, -0.2) is 28.3 Å². The first-order valence-corrected chi connectivity index (χ1v) is 5.04. The second-order valence-corrected chi connectivity index (χ2v) is 3.78. The molecule has 1 aromatic heterocycles. The van der Waals surface area contributed by atoms with E-state index in [4.69, 9.17) is 16.3 Å². The quantitative estimate of drug-likeness (QED) is 0.622. The summed E-state index contributed by atoms with van der Waals surface area (Å²) in [5.41, 5.74) is 0.428. The minimum atomic E-state index is -0.489. The summed E-state index contributed by atoms with van der Waals surface area (Å²) >= 11 is 5.64. The van der Waals surface area contributed by atoms with Gasteiger partial charge in [-0.05, 0) is 12.8 Å². The molecule has 0 atom stereocenters. The maximum atomic E-state index is 10.8. The van der Waals surface area contributed by atoms with Gasteiger partial charge in [-0.3, -0.25) is 15.2 Å². The summed E-state index contributed by atoms with van der Waals surface area (Å²) in [6.07, 6.45) is 1.53. The lowest BCUT2D eigenvalue weighted by molar-refractivity contribution is -0.385. The molecule has 0 radical (unpaired) electrons. The number of aromatic nitrogens is 2. The van der Waals surface area contributed by atoms with Gasteiger partial charge in [-0.25, -0.2) is 0 Å². The Morgan fingerprint density at radius 2 is 2.20 bits per heavy atom. The highest BCUT2D eigenvalue weighted by atomic mass is 35.5. The number of nitro groups is 1. The monoisotopic (exact) mass is 231 g/mol. The van der Waals surface area contributed by atoms with Crippen molar-refractivity contribution in [3.05, 3.63) is 21.0 Å². The van der Waals surface area contributed by atoms with Crippen molar-refractivity contribution in [1.29, 1.82) is 0 Å². The Labute approximate surface area is 90.7 Å². The Hall–Kier alpha value is -1.14. The third kappa shape index (κ3) is 1.95. The van der Waals surface area contributed by atoms with Gasteiger partial charge in [0.25, 0.3) is 0 Å². The second kappa shape index (κ2) is 4.16. The molecule has 0 aliphatic carbocycles. The maximum absolute atomic E-state index is 10.8. The van der Waals surface area contributed by atoms with Crippen molar-refractivity contribution in [2.75, 3.05) is 13.2 Å². The fourth-order valence-corrected chi connectivity index (χ4v) is 1.98. The van der Waals surface area contributed by atoms with E-state index in [-0.39, 0.29) is 16.8 Å². The lowest BCUT2D eigenvalue weighted by atomic mass is 9.96. The zero-order valence-corrected chi connectivity index (χ0v) is 8.66. The third-order valence-corrected chi connectivity index (χ3v) is 2.80. The van der Waals surface area contributed by atoms with E-state index in [9.17, 15) is 10.1 Å². The maximum Gasteiger partial charge on any atom is 0.329 e. The summed E-state index contributed by atoms with van der Waals surface area (Å²) in [7, 11) is 0. The molecule has 1 aliphatic heterocycles. The van der Waals surface area contributed by atoms with Crippen molar-refractivity contribution in [2.24, 2.45) is 0 Å². The van der Waals surface area contributed by atoms with E-state index in [2.05, 4.69) is 10.2 Å². The number of halogens is 1. The average molecular weight is 232 g/mol. The van der Waals surface area contributed by atoms with Crippen LogP contribution >= 0.6 is 11.6 Å². The fourth-order valence-electron chi connectivity index (χ4n) is 1.77. The average Bonchev–Trinajstić information content (AvgIpc) is 2.61. The molecule has 15 heavy (non-hydrogen) atoms. The molecule has 1 saturated heterocycles. The van der Waals surface area contributed by atoms with Gasteiger partial charge >= 0.3 is 5.69 Å². The number of nitrogens with one attached hydrogen (secondary N) is 1. The van der Waals surface area contributed by atoms with Crippen LogP contribution in [0, 0.1) is 10.1 Å². The fraction of sp³-hybridized carbons (Fsp3) is 0.625. The number of nitrogens with zero attached hydrogens (tertiary/aromatic N) is 2. The van der Waals surface area contributed by atoms with Crippen molar-refractivity contribution >= 4 is 17.3 Å². The topological polar surface area (TPSA) is 81.0 Å². The molecule has 1 N–H and O–H groups in total. The molecule has 1 fully saturated rings. The van der Waals surface area contributed by atoms with Gasteiger partial charge in [-0.15, -0.1) is 0 Å². The highest BCUT2D eigenvalue weighted by Crippen LogP contribution is 2.35. The van der Waals surface area contributed by atoms with Gasteiger partial charge in [0.2, 0.25) is 5.15 Å². The summed E-state index contributed by atoms with van der Waals surface area (Å²) in [5.74, 6) is 0.0964. The number of H-pyrrole nitrogens is 1. The van der Waals surface area contributed by atoms with Crippen molar-refractivity contribution in [2.45, 2.75) is 18.8 Å². The van der Waals surface area contributed by atoms with Gasteiger partial charge in [-0.1, -0.05) is 11.6 Å². The number of rotatable bonds is 2. The molecule has 0 aromatic carbocycles. The molecular formula is C8H10ClN3O3. The van der Waals surface area contributed by atoms with Crippen molar-refractivity contribution in [3.8, 4) is 0 Å². The van der Waals surface area contributed by atoms with Gasteiger partial charge in [0.15, 0.2) is 0 Å². The Morgan fingerprint density at radius 3 is 2.80 bits per heavy atom. The van der Waals surface area contributed by atoms with Crippen LogP contribution in [0.2, 0.25) is 5.15 Å².